The maximum absolute atomic E-state index is 12.1. The van der Waals surface area contributed by atoms with E-state index in [0.29, 0.717) is 11.3 Å². The Morgan fingerprint density at radius 1 is 1.33 bits per heavy atom. The van der Waals surface area contributed by atoms with Gasteiger partial charge in [-0.15, -0.1) is 0 Å². The Hall–Kier alpha value is -2.04. The molecule has 0 aromatic heterocycles. The maximum Gasteiger partial charge on any atom is 0.336 e. The average molecular weight is 291 g/mol. The molecule has 5 nitrogen and oxygen atoms in total. The quantitative estimate of drug-likeness (QED) is 0.874. The molecule has 0 bridgehead atoms. The molecule has 1 aliphatic rings. The first kappa shape index (κ1) is 15.4. The monoisotopic (exact) mass is 291 g/mol. The highest BCUT2D eigenvalue weighted by molar-refractivity contribution is 5.90. The highest BCUT2D eigenvalue weighted by atomic mass is 16.5. The third kappa shape index (κ3) is 3.74. The molecule has 1 saturated carbocycles. The summed E-state index contributed by atoms with van der Waals surface area (Å²) in [6.07, 6.45) is 3.70. The van der Waals surface area contributed by atoms with Crippen molar-refractivity contribution in [2.45, 2.75) is 51.7 Å². The summed E-state index contributed by atoms with van der Waals surface area (Å²) in [5.74, 6) is -0.716. The van der Waals surface area contributed by atoms with Gasteiger partial charge in [0.2, 0.25) is 0 Å². The zero-order chi connectivity index (χ0) is 15.4. The minimum Gasteiger partial charge on any atom is -0.481 e. The van der Waals surface area contributed by atoms with Crippen LogP contribution in [0.5, 0.6) is 5.75 Å². The number of hydrogen-bond donors (Lipinski definition) is 2. The second-order valence-electron chi connectivity index (χ2n) is 5.48. The minimum atomic E-state index is -0.999. The summed E-state index contributed by atoms with van der Waals surface area (Å²) in [6.45, 7) is 3.36. The Morgan fingerprint density at radius 2 is 2.00 bits per heavy atom. The van der Waals surface area contributed by atoms with Crippen molar-refractivity contribution in [3.05, 3.63) is 29.3 Å². The zero-order valence-electron chi connectivity index (χ0n) is 12.4. The van der Waals surface area contributed by atoms with Crippen molar-refractivity contribution >= 4 is 11.9 Å². The lowest BCUT2D eigenvalue weighted by Crippen LogP contribution is -2.41. The van der Waals surface area contributed by atoms with Gasteiger partial charge in [-0.1, -0.05) is 18.9 Å². The van der Waals surface area contributed by atoms with E-state index < -0.39 is 12.1 Å². The molecule has 1 unspecified atom stereocenters. The van der Waals surface area contributed by atoms with Crippen LogP contribution in [0.25, 0.3) is 0 Å². The van der Waals surface area contributed by atoms with Gasteiger partial charge in [0, 0.05) is 11.6 Å². The second-order valence-corrected chi connectivity index (χ2v) is 5.48. The Balaban J connectivity index is 2.01. The second kappa shape index (κ2) is 6.61. The fourth-order valence-electron chi connectivity index (χ4n) is 2.61. The molecule has 2 N–H and O–H groups in total. The van der Waals surface area contributed by atoms with E-state index in [2.05, 4.69) is 5.32 Å². The number of nitrogens with one attached hydrogen (secondary N) is 1. The predicted octanol–water partition coefficient (Wildman–Crippen LogP) is 2.52. The van der Waals surface area contributed by atoms with Crippen molar-refractivity contribution < 1.29 is 19.4 Å². The summed E-state index contributed by atoms with van der Waals surface area (Å²) in [4.78, 5) is 23.2. The summed E-state index contributed by atoms with van der Waals surface area (Å²) in [6, 6.07) is 5.07. The number of aromatic carboxylic acids is 1. The molecule has 114 valence electrons. The third-order valence-electron chi connectivity index (χ3n) is 3.89. The van der Waals surface area contributed by atoms with Gasteiger partial charge >= 0.3 is 5.97 Å². The topological polar surface area (TPSA) is 75.6 Å². The van der Waals surface area contributed by atoms with Gasteiger partial charge < -0.3 is 15.2 Å². The standard InChI is InChI=1S/C16H21NO4/c1-10-13(16(19)20)8-5-9-14(10)21-11(2)15(18)17-12-6-3-4-7-12/h5,8-9,11-12H,3-4,6-7H2,1-2H3,(H,17,18)(H,19,20). The van der Waals surface area contributed by atoms with Gasteiger partial charge in [0.1, 0.15) is 5.75 Å². The van der Waals surface area contributed by atoms with E-state index in [4.69, 9.17) is 9.84 Å². The molecule has 0 saturated heterocycles. The summed E-state index contributed by atoms with van der Waals surface area (Å²) < 4.78 is 5.63. The van der Waals surface area contributed by atoms with E-state index in [9.17, 15) is 9.59 Å². The molecular weight excluding hydrogens is 270 g/mol. The van der Waals surface area contributed by atoms with Crippen molar-refractivity contribution in [1.82, 2.24) is 5.32 Å². The zero-order valence-corrected chi connectivity index (χ0v) is 12.4. The van der Waals surface area contributed by atoms with E-state index >= 15 is 0 Å². The lowest BCUT2D eigenvalue weighted by Gasteiger charge is -2.19. The van der Waals surface area contributed by atoms with E-state index in [1.165, 1.54) is 6.07 Å². The van der Waals surface area contributed by atoms with Gasteiger partial charge in [0.25, 0.3) is 5.91 Å². The van der Waals surface area contributed by atoms with Crippen LogP contribution in [0.3, 0.4) is 0 Å². The highest BCUT2D eigenvalue weighted by Crippen LogP contribution is 2.23. The number of hydrogen-bond acceptors (Lipinski definition) is 3. The smallest absolute Gasteiger partial charge is 0.336 e. The lowest BCUT2D eigenvalue weighted by molar-refractivity contribution is -0.127. The van der Waals surface area contributed by atoms with Crippen molar-refractivity contribution in [3.63, 3.8) is 0 Å². The first-order valence-electron chi connectivity index (χ1n) is 7.29. The molecular formula is C16H21NO4. The lowest BCUT2D eigenvalue weighted by atomic mass is 10.1. The highest BCUT2D eigenvalue weighted by Gasteiger charge is 2.22. The Morgan fingerprint density at radius 3 is 2.62 bits per heavy atom. The first-order valence-corrected chi connectivity index (χ1v) is 7.29. The molecule has 1 fully saturated rings. The van der Waals surface area contributed by atoms with Crippen LogP contribution in [-0.2, 0) is 4.79 Å². The van der Waals surface area contributed by atoms with Crippen LogP contribution in [0, 0.1) is 6.92 Å². The van der Waals surface area contributed by atoms with Crippen LogP contribution < -0.4 is 10.1 Å². The molecule has 0 heterocycles. The first-order chi connectivity index (χ1) is 9.99. The average Bonchev–Trinajstić information content (AvgIpc) is 2.93. The van der Waals surface area contributed by atoms with Crippen LogP contribution in [0.2, 0.25) is 0 Å². The molecule has 1 aromatic carbocycles. The van der Waals surface area contributed by atoms with Crippen LogP contribution in [-0.4, -0.2) is 29.1 Å². The largest absolute Gasteiger partial charge is 0.481 e. The molecule has 0 spiro atoms. The summed E-state index contributed by atoms with van der Waals surface area (Å²) in [5, 5.41) is 12.1. The number of rotatable bonds is 5. The van der Waals surface area contributed by atoms with Gasteiger partial charge in [-0.2, -0.15) is 0 Å². The molecule has 1 amide bonds. The predicted molar refractivity (Wildman–Crippen MR) is 78.6 cm³/mol. The normalized spacial score (nSPS) is 16.5. The molecule has 1 aromatic rings. The van der Waals surface area contributed by atoms with Crippen LogP contribution >= 0.6 is 0 Å². The summed E-state index contributed by atoms with van der Waals surface area (Å²) >= 11 is 0. The van der Waals surface area contributed by atoms with E-state index in [1.54, 1.807) is 26.0 Å². The van der Waals surface area contributed by atoms with Crippen molar-refractivity contribution in [2.75, 3.05) is 0 Å². The number of amides is 1. The van der Waals surface area contributed by atoms with Crippen LogP contribution in [0.1, 0.15) is 48.5 Å². The van der Waals surface area contributed by atoms with Crippen molar-refractivity contribution in [1.29, 1.82) is 0 Å². The number of benzene rings is 1. The van der Waals surface area contributed by atoms with Gasteiger partial charge in [-0.25, -0.2) is 4.79 Å². The van der Waals surface area contributed by atoms with Crippen LogP contribution in [0.15, 0.2) is 18.2 Å². The fraction of sp³-hybridized carbons (Fsp3) is 0.500. The Kier molecular flexibility index (Phi) is 4.83. The molecule has 1 atom stereocenters. The molecule has 5 heteroatoms. The summed E-state index contributed by atoms with van der Waals surface area (Å²) in [7, 11) is 0. The van der Waals surface area contributed by atoms with E-state index in [0.717, 1.165) is 25.7 Å². The fourth-order valence-corrected chi connectivity index (χ4v) is 2.61. The number of carboxylic acid groups (broad SMARTS) is 1. The molecule has 2 rings (SSSR count). The van der Waals surface area contributed by atoms with Gasteiger partial charge in [-0.05, 0) is 38.8 Å². The van der Waals surface area contributed by atoms with E-state index in [1.807, 2.05) is 0 Å². The number of ether oxygens (including phenoxy) is 1. The maximum atomic E-state index is 12.1. The Labute approximate surface area is 124 Å². The minimum absolute atomic E-state index is 0.151. The van der Waals surface area contributed by atoms with Crippen LogP contribution in [0.4, 0.5) is 0 Å². The molecule has 0 radical (unpaired) electrons. The van der Waals surface area contributed by atoms with E-state index in [-0.39, 0.29) is 17.5 Å². The molecule has 21 heavy (non-hydrogen) atoms. The number of carbonyl (C=O) groups excluding carboxylic acids is 1. The van der Waals surface area contributed by atoms with Gasteiger partial charge in [0.05, 0.1) is 5.56 Å². The Bertz CT molecular complexity index is 535. The molecule has 0 aliphatic heterocycles. The SMILES string of the molecule is Cc1c(OC(C)C(=O)NC2CCCC2)cccc1C(=O)O. The van der Waals surface area contributed by atoms with Gasteiger partial charge in [-0.3, -0.25) is 4.79 Å². The molecule has 1 aliphatic carbocycles. The van der Waals surface area contributed by atoms with Crippen molar-refractivity contribution in [3.8, 4) is 5.75 Å². The summed E-state index contributed by atoms with van der Waals surface area (Å²) in [5.41, 5.74) is 0.724. The van der Waals surface area contributed by atoms with Gasteiger partial charge in [0.15, 0.2) is 6.10 Å². The number of carboxylic acids is 1. The van der Waals surface area contributed by atoms with Crippen molar-refractivity contribution in [2.24, 2.45) is 0 Å². The third-order valence-corrected chi connectivity index (χ3v) is 3.89. The number of carbonyl (C=O) groups is 2.